The molecule has 0 heterocycles. The van der Waals surface area contributed by atoms with Gasteiger partial charge in [-0.1, -0.05) is 30.3 Å². The Balaban J connectivity index is 2.01. The third-order valence-corrected chi connectivity index (χ3v) is 3.76. The van der Waals surface area contributed by atoms with E-state index in [1.807, 2.05) is 38.1 Å². The number of carbonyl (C=O) groups is 1. The molecule has 3 nitrogen and oxygen atoms in total. The molecule has 0 saturated heterocycles. The number of nitrogens with zero attached hydrogens (tertiary/aromatic N) is 1. The van der Waals surface area contributed by atoms with Crippen molar-refractivity contribution in [2.75, 3.05) is 7.05 Å². The van der Waals surface area contributed by atoms with Crippen LogP contribution in [0.2, 0.25) is 0 Å². The molecular weight excluding hydrogens is 298 g/mol. The van der Waals surface area contributed by atoms with E-state index in [0.717, 1.165) is 17.2 Å². The Kier molecular flexibility index (Phi) is 5.32. The summed E-state index contributed by atoms with van der Waals surface area (Å²) in [6.45, 7) is 3.95. The van der Waals surface area contributed by atoms with Gasteiger partial charge in [-0.3, -0.25) is 0 Å². The SMILES string of the molecule is Cc1ccccc1C(C)NC(=O)N(C)Cc1ccc(F)cc1F. The van der Waals surface area contributed by atoms with Crippen LogP contribution in [0.3, 0.4) is 0 Å². The standard InChI is InChI=1S/C18H20F2N2O/c1-12-6-4-5-7-16(12)13(2)21-18(23)22(3)11-14-8-9-15(19)10-17(14)20/h4-10,13H,11H2,1-3H3,(H,21,23). The molecule has 23 heavy (non-hydrogen) atoms. The molecule has 0 bridgehead atoms. The summed E-state index contributed by atoms with van der Waals surface area (Å²) in [5.74, 6) is -1.29. The number of aryl methyl sites for hydroxylation is 1. The molecule has 0 spiro atoms. The maximum atomic E-state index is 13.7. The number of urea groups is 1. The van der Waals surface area contributed by atoms with Crippen LogP contribution in [0.25, 0.3) is 0 Å². The Labute approximate surface area is 134 Å². The molecule has 122 valence electrons. The van der Waals surface area contributed by atoms with Crippen LogP contribution in [0.4, 0.5) is 13.6 Å². The van der Waals surface area contributed by atoms with E-state index >= 15 is 0 Å². The molecule has 0 aliphatic rings. The van der Waals surface area contributed by atoms with Crippen LogP contribution in [-0.2, 0) is 6.54 Å². The zero-order chi connectivity index (χ0) is 17.0. The lowest BCUT2D eigenvalue weighted by Crippen LogP contribution is -2.38. The van der Waals surface area contributed by atoms with E-state index in [1.54, 1.807) is 7.05 Å². The van der Waals surface area contributed by atoms with E-state index < -0.39 is 11.6 Å². The van der Waals surface area contributed by atoms with Gasteiger partial charge in [-0.25, -0.2) is 13.6 Å². The molecule has 0 aliphatic carbocycles. The summed E-state index contributed by atoms with van der Waals surface area (Å²) in [6, 6.07) is 10.7. The molecule has 0 radical (unpaired) electrons. The minimum absolute atomic E-state index is 0.0679. The van der Waals surface area contributed by atoms with E-state index in [-0.39, 0.29) is 24.2 Å². The summed E-state index contributed by atoms with van der Waals surface area (Å²) in [6.07, 6.45) is 0. The van der Waals surface area contributed by atoms with Crippen molar-refractivity contribution in [3.8, 4) is 0 Å². The molecule has 1 unspecified atom stereocenters. The summed E-state index contributed by atoms with van der Waals surface area (Å²) < 4.78 is 26.6. The molecule has 2 rings (SSSR count). The normalized spacial score (nSPS) is 11.9. The molecular formula is C18H20F2N2O. The Morgan fingerprint density at radius 1 is 1.22 bits per heavy atom. The highest BCUT2D eigenvalue weighted by atomic mass is 19.1. The van der Waals surface area contributed by atoms with Crippen molar-refractivity contribution < 1.29 is 13.6 Å². The van der Waals surface area contributed by atoms with Crippen molar-refractivity contribution in [2.24, 2.45) is 0 Å². The first-order valence-electron chi connectivity index (χ1n) is 7.39. The summed E-state index contributed by atoms with van der Waals surface area (Å²) in [5, 5.41) is 2.88. The summed E-state index contributed by atoms with van der Waals surface area (Å²) in [4.78, 5) is 13.6. The van der Waals surface area contributed by atoms with Crippen LogP contribution in [0.5, 0.6) is 0 Å². The van der Waals surface area contributed by atoms with E-state index in [2.05, 4.69) is 5.32 Å². The van der Waals surface area contributed by atoms with Gasteiger partial charge >= 0.3 is 6.03 Å². The Hall–Kier alpha value is -2.43. The fourth-order valence-corrected chi connectivity index (χ4v) is 2.42. The minimum Gasteiger partial charge on any atom is -0.331 e. The molecule has 1 atom stereocenters. The number of hydrogen-bond acceptors (Lipinski definition) is 1. The average Bonchev–Trinajstić information content (AvgIpc) is 2.50. The van der Waals surface area contributed by atoms with E-state index in [4.69, 9.17) is 0 Å². The second-order valence-electron chi connectivity index (χ2n) is 5.62. The lowest BCUT2D eigenvalue weighted by molar-refractivity contribution is 0.203. The largest absolute Gasteiger partial charge is 0.331 e. The lowest BCUT2D eigenvalue weighted by Gasteiger charge is -2.22. The minimum atomic E-state index is -0.656. The van der Waals surface area contributed by atoms with Crippen molar-refractivity contribution >= 4 is 6.03 Å². The maximum Gasteiger partial charge on any atom is 0.317 e. The number of carbonyl (C=O) groups excluding carboxylic acids is 1. The van der Waals surface area contributed by atoms with Crippen LogP contribution >= 0.6 is 0 Å². The van der Waals surface area contributed by atoms with E-state index in [1.165, 1.54) is 17.0 Å². The summed E-state index contributed by atoms with van der Waals surface area (Å²) in [7, 11) is 1.57. The first kappa shape index (κ1) is 16.9. The Morgan fingerprint density at radius 2 is 1.91 bits per heavy atom. The number of nitrogens with one attached hydrogen (secondary N) is 1. The topological polar surface area (TPSA) is 32.3 Å². The molecule has 0 aliphatic heterocycles. The highest BCUT2D eigenvalue weighted by Crippen LogP contribution is 2.17. The van der Waals surface area contributed by atoms with Crippen LogP contribution < -0.4 is 5.32 Å². The molecule has 2 aromatic carbocycles. The highest BCUT2D eigenvalue weighted by Gasteiger charge is 2.16. The number of rotatable bonds is 4. The van der Waals surface area contributed by atoms with Crippen molar-refractivity contribution in [3.05, 3.63) is 70.8 Å². The molecule has 1 N–H and O–H groups in total. The molecule has 0 saturated carbocycles. The fraction of sp³-hybridized carbons (Fsp3) is 0.278. The molecule has 0 aromatic heterocycles. The summed E-state index contributed by atoms with van der Waals surface area (Å²) in [5.41, 5.74) is 2.39. The number of benzene rings is 2. The smallest absolute Gasteiger partial charge is 0.317 e. The third-order valence-electron chi connectivity index (χ3n) is 3.76. The molecule has 2 amide bonds. The van der Waals surface area contributed by atoms with Crippen LogP contribution in [0.1, 0.15) is 29.7 Å². The lowest BCUT2D eigenvalue weighted by atomic mass is 10.0. The highest BCUT2D eigenvalue weighted by molar-refractivity contribution is 5.74. The third kappa shape index (κ3) is 4.28. The quantitative estimate of drug-likeness (QED) is 0.901. The first-order chi connectivity index (χ1) is 10.9. The zero-order valence-corrected chi connectivity index (χ0v) is 13.4. The predicted molar refractivity (Wildman–Crippen MR) is 86.0 cm³/mol. The van der Waals surface area contributed by atoms with Crippen LogP contribution in [-0.4, -0.2) is 18.0 Å². The maximum absolute atomic E-state index is 13.7. The van der Waals surface area contributed by atoms with Gasteiger partial charge in [0.1, 0.15) is 11.6 Å². The number of hydrogen-bond donors (Lipinski definition) is 1. The number of amides is 2. The van der Waals surface area contributed by atoms with Crippen molar-refractivity contribution in [2.45, 2.75) is 26.4 Å². The molecule has 0 fully saturated rings. The van der Waals surface area contributed by atoms with Gasteiger partial charge in [0.05, 0.1) is 6.04 Å². The molecule has 5 heteroatoms. The van der Waals surface area contributed by atoms with Gasteiger partial charge in [-0.05, 0) is 31.0 Å². The Morgan fingerprint density at radius 3 is 2.57 bits per heavy atom. The second kappa shape index (κ2) is 7.22. The monoisotopic (exact) mass is 318 g/mol. The zero-order valence-electron chi connectivity index (χ0n) is 13.4. The predicted octanol–water partition coefficient (Wildman–Crippen LogP) is 4.18. The first-order valence-corrected chi connectivity index (χ1v) is 7.39. The summed E-state index contributed by atoms with van der Waals surface area (Å²) >= 11 is 0. The van der Waals surface area contributed by atoms with Gasteiger partial charge in [0.2, 0.25) is 0 Å². The van der Waals surface area contributed by atoms with Crippen molar-refractivity contribution in [1.82, 2.24) is 10.2 Å². The van der Waals surface area contributed by atoms with Gasteiger partial charge < -0.3 is 10.2 Å². The van der Waals surface area contributed by atoms with Gasteiger partial charge in [0.25, 0.3) is 0 Å². The fourth-order valence-electron chi connectivity index (χ4n) is 2.42. The van der Waals surface area contributed by atoms with Gasteiger partial charge in [0.15, 0.2) is 0 Å². The van der Waals surface area contributed by atoms with Crippen molar-refractivity contribution in [3.63, 3.8) is 0 Å². The van der Waals surface area contributed by atoms with Gasteiger partial charge in [-0.15, -0.1) is 0 Å². The van der Waals surface area contributed by atoms with E-state index in [9.17, 15) is 13.6 Å². The van der Waals surface area contributed by atoms with Crippen LogP contribution in [0.15, 0.2) is 42.5 Å². The Bertz CT molecular complexity index is 703. The molecule has 2 aromatic rings. The van der Waals surface area contributed by atoms with Gasteiger partial charge in [-0.2, -0.15) is 0 Å². The second-order valence-corrected chi connectivity index (χ2v) is 5.62. The van der Waals surface area contributed by atoms with Crippen LogP contribution in [0, 0.1) is 18.6 Å². The van der Waals surface area contributed by atoms with Gasteiger partial charge in [0, 0.05) is 25.2 Å². The average molecular weight is 318 g/mol. The van der Waals surface area contributed by atoms with E-state index in [0.29, 0.717) is 0 Å². The number of halogens is 2. The van der Waals surface area contributed by atoms with Crippen molar-refractivity contribution in [1.29, 1.82) is 0 Å².